The van der Waals surface area contributed by atoms with Gasteiger partial charge in [-0.1, -0.05) is 30.3 Å². The zero-order valence-electron chi connectivity index (χ0n) is 16.6. The molecule has 8 nitrogen and oxygen atoms in total. The van der Waals surface area contributed by atoms with Gasteiger partial charge in [0, 0.05) is 13.6 Å². The van der Waals surface area contributed by atoms with Crippen LogP contribution < -0.4 is 5.56 Å². The number of amides is 1. The molecule has 0 radical (unpaired) electrons. The smallest absolute Gasteiger partial charge is 0.406 e. The zero-order valence-corrected chi connectivity index (χ0v) is 16.6. The number of aryl methyl sites for hydroxylation is 2. The van der Waals surface area contributed by atoms with E-state index in [9.17, 15) is 27.6 Å². The summed E-state index contributed by atoms with van der Waals surface area (Å²) in [5.41, 5.74) is -0.385. The third-order valence-electron chi connectivity index (χ3n) is 4.42. The summed E-state index contributed by atoms with van der Waals surface area (Å²) in [5.74, 6) is -2.06. The minimum absolute atomic E-state index is 0.0414. The predicted molar refractivity (Wildman–Crippen MR) is 102 cm³/mol. The molecule has 2 aromatic heterocycles. The summed E-state index contributed by atoms with van der Waals surface area (Å²) < 4.78 is 50.2. The number of fused-ring (bicyclic) bond motifs is 1. The van der Waals surface area contributed by atoms with Crippen LogP contribution in [0.4, 0.5) is 13.2 Å². The molecule has 0 atom stereocenters. The molecule has 1 aromatic carbocycles. The maximum atomic E-state index is 12.9. The van der Waals surface area contributed by atoms with E-state index in [0.717, 1.165) is 4.57 Å². The van der Waals surface area contributed by atoms with Gasteiger partial charge in [0.05, 0.1) is 0 Å². The highest BCUT2D eigenvalue weighted by Crippen LogP contribution is 2.22. The number of benzene rings is 1. The Morgan fingerprint density at radius 2 is 1.90 bits per heavy atom. The van der Waals surface area contributed by atoms with E-state index >= 15 is 0 Å². The van der Waals surface area contributed by atoms with Crippen LogP contribution >= 0.6 is 0 Å². The number of hydrogen-bond donors (Lipinski definition) is 0. The van der Waals surface area contributed by atoms with Crippen molar-refractivity contribution in [3.8, 4) is 0 Å². The second kappa shape index (κ2) is 8.62. The van der Waals surface area contributed by atoms with Crippen molar-refractivity contribution in [2.24, 2.45) is 7.05 Å². The third kappa shape index (κ3) is 5.11. The van der Waals surface area contributed by atoms with Gasteiger partial charge in [-0.3, -0.25) is 9.59 Å². The lowest BCUT2D eigenvalue weighted by Gasteiger charge is -2.24. The van der Waals surface area contributed by atoms with Gasteiger partial charge in [-0.25, -0.2) is 9.78 Å². The number of ether oxygens (including phenoxy) is 1. The molecule has 0 aliphatic carbocycles. The molecular formula is C20H18F3N3O5. The topological polar surface area (TPSA) is 94.6 Å². The van der Waals surface area contributed by atoms with Gasteiger partial charge in [-0.05, 0) is 12.5 Å². The summed E-state index contributed by atoms with van der Waals surface area (Å²) in [6.07, 6.45) is -3.42. The SMILES string of the molecule is Cc1oc2ncn(C)c(=O)c2c1C(=O)OCC(=O)N(Cc1ccccc1)CC(F)(F)F. The number of alkyl halides is 3. The minimum Gasteiger partial charge on any atom is -0.452 e. The number of aromatic nitrogens is 2. The van der Waals surface area contributed by atoms with Gasteiger partial charge in [0.25, 0.3) is 11.5 Å². The Bertz CT molecular complexity index is 1170. The van der Waals surface area contributed by atoms with Gasteiger partial charge in [0.1, 0.15) is 29.6 Å². The normalized spacial score (nSPS) is 11.5. The molecule has 1 amide bonds. The maximum absolute atomic E-state index is 12.9. The molecule has 0 aliphatic rings. The van der Waals surface area contributed by atoms with Crippen molar-refractivity contribution in [1.82, 2.24) is 14.5 Å². The number of rotatable bonds is 6. The fourth-order valence-electron chi connectivity index (χ4n) is 2.98. The lowest BCUT2D eigenvalue weighted by atomic mass is 10.2. The first-order valence-electron chi connectivity index (χ1n) is 9.07. The highest BCUT2D eigenvalue weighted by molar-refractivity contribution is 6.03. The van der Waals surface area contributed by atoms with E-state index in [1.165, 1.54) is 20.3 Å². The second-order valence-corrected chi connectivity index (χ2v) is 6.80. The van der Waals surface area contributed by atoms with Crippen LogP contribution in [0.25, 0.3) is 11.1 Å². The van der Waals surface area contributed by atoms with Crippen LogP contribution in [0.1, 0.15) is 21.7 Å². The quantitative estimate of drug-likeness (QED) is 0.551. The first kappa shape index (κ1) is 22.1. The van der Waals surface area contributed by atoms with Gasteiger partial charge >= 0.3 is 12.1 Å². The van der Waals surface area contributed by atoms with E-state index in [1.54, 1.807) is 30.3 Å². The van der Waals surface area contributed by atoms with Gasteiger partial charge in [0.2, 0.25) is 5.71 Å². The molecule has 31 heavy (non-hydrogen) atoms. The van der Waals surface area contributed by atoms with Crippen molar-refractivity contribution in [1.29, 1.82) is 0 Å². The lowest BCUT2D eigenvalue weighted by Crippen LogP contribution is -2.40. The van der Waals surface area contributed by atoms with Gasteiger partial charge in [-0.15, -0.1) is 0 Å². The van der Waals surface area contributed by atoms with E-state index in [-0.39, 0.29) is 29.0 Å². The highest BCUT2D eigenvalue weighted by Gasteiger charge is 2.33. The molecule has 0 aliphatic heterocycles. The van der Waals surface area contributed by atoms with E-state index < -0.39 is 36.8 Å². The Labute approximate surface area is 173 Å². The fourth-order valence-corrected chi connectivity index (χ4v) is 2.98. The summed E-state index contributed by atoms with van der Waals surface area (Å²) >= 11 is 0. The highest BCUT2D eigenvalue weighted by atomic mass is 19.4. The molecule has 0 bridgehead atoms. The van der Waals surface area contributed by atoms with Crippen LogP contribution in [0.3, 0.4) is 0 Å². The summed E-state index contributed by atoms with van der Waals surface area (Å²) in [4.78, 5) is 41.7. The first-order valence-corrected chi connectivity index (χ1v) is 9.07. The minimum atomic E-state index is -4.64. The van der Waals surface area contributed by atoms with E-state index in [2.05, 4.69) is 4.98 Å². The number of nitrogens with zero attached hydrogens (tertiary/aromatic N) is 3. The van der Waals surface area contributed by atoms with Crippen LogP contribution in [0.15, 0.2) is 45.9 Å². The molecule has 3 rings (SSSR count). The fraction of sp³-hybridized carbons (Fsp3) is 0.300. The summed E-state index contributed by atoms with van der Waals surface area (Å²) in [6, 6.07) is 8.11. The Kier molecular flexibility index (Phi) is 6.14. The van der Waals surface area contributed by atoms with Crippen molar-refractivity contribution in [2.75, 3.05) is 13.2 Å². The number of hydrogen-bond acceptors (Lipinski definition) is 6. The summed E-state index contributed by atoms with van der Waals surface area (Å²) in [6.45, 7) is -1.34. The number of halogens is 3. The molecule has 2 heterocycles. The molecule has 0 fully saturated rings. The Balaban J connectivity index is 1.78. The molecule has 0 saturated heterocycles. The Hall–Kier alpha value is -3.63. The standard InChI is InChI=1S/C20H18F3N3O5/c1-12-15(16-17(31-12)24-11-25(2)18(16)28)19(29)30-9-14(27)26(10-20(21,22)23)8-13-6-4-3-5-7-13/h3-7,11H,8-10H2,1-2H3. The van der Waals surface area contributed by atoms with Crippen LogP contribution in [0, 0.1) is 6.92 Å². The first-order chi connectivity index (χ1) is 14.6. The largest absolute Gasteiger partial charge is 0.452 e. The number of carbonyl (C=O) groups is 2. The number of furan rings is 1. The van der Waals surface area contributed by atoms with Crippen molar-refractivity contribution < 1.29 is 31.9 Å². The van der Waals surface area contributed by atoms with Crippen LogP contribution in [0.2, 0.25) is 0 Å². The predicted octanol–water partition coefficient (Wildman–Crippen LogP) is 2.58. The molecule has 0 spiro atoms. The maximum Gasteiger partial charge on any atom is 0.406 e. The molecule has 164 valence electrons. The second-order valence-electron chi connectivity index (χ2n) is 6.80. The van der Waals surface area contributed by atoms with Gasteiger partial charge in [0.15, 0.2) is 6.61 Å². The van der Waals surface area contributed by atoms with Crippen LogP contribution in [-0.4, -0.2) is 45.7 Å². The van der Waals surface area contributed by atoms with Gasteiger partial charge < -0.3 is 18.6 Å². The van der Waals surface area contributed by atoms with Crippen LogP contribution in [-0.2, 0) is 23.1 Å². The zero-order chi connectivity index (χ0) is 22.8. The van der Waals surface area contributed by atoms with Crippen molar-refractivity contribution in [3.05, 3.63) is 63.9 Å². The molecule has 3 aromatic rings. The Morgan fingerprint density at radius 3 is 2.55 bits per heavy atom. The van der Waals surface area contributed by atoms with Gasteiger partial charge in [-0.2, -0.15) is 13.2 Å². The summed E-state index contributed by atoms with van der Waals surface area (Å²) in [7, 11) is 1.42. The third-order valence-corrected chi connectivity index (χ3v) is 4.42. The lowest BCUT2D eigenvalue weighted by molar-refractivity contribution is -0.164. The molecule has 0 N–H and O–H groups in total. The molecule has 11 heteroatoms. The monoisotopic (exact) mass is 437 g/mol. The Morgan fingerprint density at radius 1 is 1.23 bits per heavy atom. The number of carbonyl (C=O) groups excluding carboxylic acids is 2. The van der Waals surface area contributed by atoms with Crippen molar-refractivity contribution >= 4 is 23.0 Å². The van der Waals surface area contributed by atoms with E-state index in [4.69, 9.17) is 9.15 Å². The van der Waals surface area contributed by atoms with Crippen molar-refractivity contribution in [2.45, 2.75) is 19.6 Å². The van der Waals surface area contributed by atoms with E-state index in [1.807, 2.05) is 0 Å². The van der Waals surface area contributed by atoms with Crippen LogP contribution in [0.5, 0.6) is 0 Å². The molecule has 0 saturated carbocycles. The van der Waals surface area contributed by atoms with E-state index in [0.29, 0.717) is 10.5 Å². The number of esters is 1. The molecular weight excluding hydrogens is 419 g/mol. The molecule has 0 unspecified atom stereocenters. The summed E-state index contributed by atoms with van der Waals surface area (Å²) in [5, 5.41) is -0.128. The average Bonchev–Trinajstić information content (AvgIpc) is 3.05. The van der Waals surface area contributed by atoms with Crippen molar-refractivity contribution in [3.63, 3.8) is 0 Å². The average molecular weight is 437 g/mol.